The van der Waals surface area contributed by atoms with Crippen LogP contribution in [0, 0.1) is 13.8 Å². The van der Waals surface area contributed by atoms with Gasteiger partial charge in [-0.2, -0.15) is 0 Å². The summed E-state index contributed by atoms with van der Waals surface area (Å²) in [5.41, 5.74) is 2.58. The molecule has 0 aliphatic heterocycles. The van der Waals surface area contributed by atoms with Crippen molar-refractivity contribution in [3.8, 4) is 0 Å². The van der Waals surface area contributed by atoms with Gasteiger partial charge < -0.3 is 14.6 Å². The summed E-state index contributed by atoms with van der Waals surface area (Å²) in [6.07, 6.45) is 4.39. The van der Waals surface area contributed by atoms with Crippen LogP contribution in [0.4, 0.5) is 5.82 Å². The van der Waals surface area contributed by atoms with Crippen LogP contribution in [-0.2, 0) is 13.0 Å². The van der Waals surface area contributed by atoms with Crippen molar-refractivity contribution < 1.29 is 9.21 Å². The second-order valence-electron chi connectivity index (χ2n) is 6.49. The Bertz CT molecular complexity index is 906. The van der Waals surface area contributed by atoms with Crippen LogP contribution in [0.15, 0.2) is 53.2 Å². The topological polar surface area (TPSA) is 71.3 Å². The first-order chi connectivity index (χ1) is 13.0. The first-order valence-corrected chi connectivity index (χ1v) is 8.95. The number of nitrogens with one attached hydrogen (secondary N) is 1. The standard InChI is InChI=1S/C21H24N4O2/c1-15-13-19(16(2)27-15)21(26)24-14-17-7-6-11-23-20(17)25(3)12-9-18-8-4-5-10-22-18/h4-8,10-11,13H,9,12,14H2,1-3H3,(H,24,26). The SMILES string of the molecule is Cc1cc(C(=O)NCc2cccnc2N(C)CCc2ccccn2)c(C)o1. The van der Waals surface area contributed by atoms with E-state index < -0.39 is 0 Å². The molecule has 0 spiro atoms. The van der Waals surface area contributed by atoms with Gasteiger partial charge in [0.05, 0.1) is 5.56 Å². The molecular formula is C21H24N4O2. The van der Waals surface area contributed by atoms with Crippen molar-refractivity contribution in [2.45, 2.75) is 26.8 Å². The van der Waals surface area contributed by atoms with Gasteiger partial charge in [-0.3, -0.25) is 9.78 Å². The van der Waals surface area contributed by atoms with Gasteiger partial charge >= 0.3 is 0 Å². The highest BCUT2D eigenvalue weighted by molar-refractivity contribution is 5.95. The van der Waals surface area contributed by atoms with Crippen LogP contribution in [0.1, 0.15) is 33.1 Å². The molecule has 0 fully saturated rings. The molecule has 3 heterocycles. The molecule has 6 nitrogen and oxygen atoms in total. The van der Waals surface area contributed by atoms with Crippen LogP contribution < -0.4 is 10.2 Å². The Morgan fingerprint density at radius 3 is 2.67 bits per heavy atom. The molecule has 1 amide bonds. The van der Waals surface area contributed by atoms with Gasteiger partial charge in [0.15, 0.2) is 0 Å². The number of hydrogen-bond donors (Lipinski definition) is 1. The molecule has 0 saturated heterocycles. The van der Waals surface area contributed by atoms with E-state index in [0.717, 1.165) is 35.8 Å². The summed E-state index contributed by atoms with van der Waals surface area (Å²) in [4.78, 5) is 23.4. The van der Waals surface area contributed by atoms with Gasteiger partial charge in [0, 0.05) is 50.2 Å². The number of likely N-dealkylation sites (N-methyl/N-ethyl adjacent to an activating group) is 1. The van der Waals surface area contributed by atoms with Crippen LogP contribution in [0.25, 0.3) is 0 Å². The van der Waals surface area contributed by atoms with E-state index in [9.17, 15) is 4.79 Å². The lowest BCUT2D eigenvalue weighted by Crippen LogP contribution is -2.27. The first-order valence-electron chi connectivity index (χ1n) is 8.95. The van der Waals surface area contributed by atoms with Crippen LogP contribution in [0.3, 0.4) is 0 Å². The molecule has 0 unspecified atom stereocenters. The molecule has 0 aromatic carbocycles. The third-order valence-electron chi connectivity index (χ3n) is 4.38. The second kappa shape index (κ2) is 8.49. The van der Waals surface area contributed by atoms with Gasteiger partial charge in [0.2, 0.25) is 0 Å². The number of aromatic nitrogens is 2. The van der Waals surface area contributed by atoms with Crippen LogP contribution in [0.5, 0.6) is 0 Å². The Kier molecular flexibility index (Phi) is 5.86. The summed E-state index contributed by atoms with van der Waals surface area (Å²) in [7, 11) is 2.00. The van der Waals surface area contributed by atoms with Crippen LogP contribution >= 0.6 is 0 Å². The number of pyridine rings is 2. The molecule has 0 bridgehead atoms. The van der Waals surface area contributed by atoms with Gasteiger partial charge in [-0.05, 0) is 38.1 Å². The van der Waals surface area contributed by atoms with E-state index in [2.05, 4.69) is 20.2 Å². The minimum Gasteiger partial charge on any atom is -0.466 e. The smallest absolute Gasteiger partial charge is 0.255 e. The average Bonchev–Trinajstić information content (AvgIpc) is 3.03. The molecule has 27 heavy (non-hydrogen) atoms. The van der Waals surface area contributed by atoms with E-state index in [-0.39, 0.29) is 5.91 Å². The fourth-order valence-electron chi connectivity index (χ4n) is 2.97. The number of amides is 1. The van der Waals surface area contributed by atoms with Gasteiger partial charge in [0.25, 0.3) is 5.91 Å². The molecule has 0 atom stereocenters. The predicted octanol–water partition coefficient (Wildman–Crippen LogP) is 3.30. The van der Waals surface area contributed by atoms with Gasteiger partial charge in [-0.25, -0.2) is 4.98 Å². The van der Waals surface area contributed by atoms with Crippen LogP contribution in [-0.4, -0.2) is 29.5 Å². The number of anilines is 1. The molecule has 140 valence electrons. The summed E-state index contributed by atoms with van der Waals surface area (Å²) in [6, 6.07) is 11.5. The highest BCUT2D eigenvalue weighted by Crippen LogP contribution is 2.17. The van der Waals surface area contributed by atoms with Crippen molar-refractivity contribution in [1.29, 1.82) is 0 Å². The molecule has 3 aromatic rings. The maximum Gasteiger partial charge on any atom is 0.255 e. The van der Waals surface area contributed by atoms with Crippen molar-refractivity contribution in [2.24, 2.45) is 0 Å². The Morgan fingerprint density at radius 1 is 1.15 bits per heavy atom. The number of hydrogen-bond acceptors (Lipinski definition) is 5. The predicted molar refractivity (Wildman–Crippen MR) is 105 cm³/mol. The summed E-state index contributed by atoms with van der Waals surface area (Å²) in [5, 5.41) is 2.96. The van der Waals surface area contributed by atoms with E-state index in [1.54, 1.807) is 25.4 Å². The van der Waals surface area contributed by atoms with Crippen molar-refractivity contribution in [3.63, 3.8) is 0 Å². The minimum atomic E-state index is -0.143. The number of rotatable bonds is 7. The zero-order valence-electron chi connectivity index (χ0n) is 15.9. The fourth-order valence-corrected chi connectivity index (χ4v) is 2.97. The summed E-state index contributed by atoms with van der Waals surface area (Å²) in [5.74, 6) is 2.07. The zero-order chi connectivity index (χ0) is 19.2. The number of nitrogens with zero attached hydrogens (tertiary/aromatic N) is 3. The van der Waals surface area contributed by atoms with E-state index in [4.69, 9.17) is 4.42 Å². The van der Waals surface area contributed by atoms with E-state index in [0.29, 0.717) is 17.9 Å². The van der Waals surface area contributed by atoms with Crippen LogP contribution in [0.2, 0.25) is 0 Å². The lowest BCUT2D eigenvalue weighted by molar-refractivity contribution is 0.0949. The van der Waals surface area contributed by atoms with Crippen molar-refractivity contribution in [3.05, 3.63) is 77.1 Å². The average molecular weight is 364 g/mol. The Labute approximate surface area is 159 Å². The molecule has 3 aromatic heterocycles. The number of carbonyl (C=O) groups is 1. The van der Waals surface area contributed by atoms with Gasteiger partial charge in [-0.1, -0.05) is 12.1 Å². The van der Waals surface area contributed by atoms with Gasteiger partial charge in [-0.15, -0.1) is 0 Å². The fraction of sp³-hybridized carbons (Fsp3) is 0.286. The van der Waals surface area contributed by atoms with Crippen molar-refractivity contribution in [1.82, 2.24) is 15.3 Å². The summed E-state index contributed by atoms with van der Waals surface area (Å²) < 4.78 is 5.44. The van der Waals surface area contributed by atoms with Crippen molar-refractivity contribution in [2.75, 3.05) is 18.5 Å². The normalized spacial score (nSPS) is 10.6. The zero-order valence-corrected chi connectivity index (χ0v) is 15.9. The molecule has 1 N–H and O–H groups in total. The summed E-state index contributed by atoms with van der Waals surface area (Å²) in [6.45, 7) is 4.82. The molecule has 0 aliphatic carbocycles. The number of carbonyl (C=O) groups excluding carboxylic acids is 1. The molecule has 0 saturated carbocycles. The maximum atomic E-state index is 12.4. The molecule has 6 heteroatoms. The first kappa shape index (κ1) is 18.6. The third-order valence-corrected chi connectivity index (χ3v) is 4.38. The van der Waals surface area contributed by atoms with E-state index >= 15 is 0 Å². The van der Waals surface area contributed by atoms with Gasteiger partial charge in [0.1, 0.15) is 17.3 Å². The lowest BCUT2D eigenvalue weighted by atomic mass is 10.2. The van der Waals surface area contributed by atoms with Crippen molar-refractivity contribution >= 4 is 11.7 Å². The lowest BCUT2D eigenvalue weighted by Gasteiger charge is -2.21. The Hall–Kier alpha value is -3.15. The third kappa shape index (κ3) is 4.73. The van der Waals surface area contributed by atoms with E-state index in [1.807, 2.05) is 44.3 Å². The maximum absolute atomic E-state index is 12.4. The number of aryl methyl sites for hydroxylation is 2. The Morgan fingerprint density at radius 2 is 1.96 bits per heavy atom. The largest absolute Gasteiger partial charge is 0.466 e. The minimum absolute atomic E-state index is 0.143. The quantitative estimate of drug-likeness (QED) is 0.696. The van der Waals surface area contributed by atoms with E-state index in [1.165, 1.54) is 0 Å². The monoisotopic (exact) mass is 364 g/mol. The molecule has 0 radical (unpaired) electrons. The molecule has 3 rings (SSSR count). The summed E-state index contributed by atoms with van der Waals surface area (Å²) >= 11 is 0. The highest BCUT2D eigenvalue weighted by atomic mass is 16.3. The second-order valence-corrected chi connectivity index (χ2v) is 6.49. The molecule has 0 aliphatic rings. The Balaban J connectivity index is 1.64. The number of furan rings is 1. The highest BCUT2D eigenvalue weighted by Gasteiger charge is 2.15. The molecular weight excluding hydrogens is 340 g/mol.